The summed E-state index contributed by atoms with van der Waals surface area (Å²) in [5.74, 6) is -0.0550. The van der Waals surface area contributed by atoms with Crippen molar-refractivity contribution in [2.45, 2.75) is 50.7 Å². The van der Waals surface area contributed by atoms with Crippen molar-refractivity contribution >= 4 is 18.3 Å². The lowest BCUT2D eigenvalue weighted by Gasteiger charge is -2.29. The predicted octanol–water partition coefficient (Wildman–Crippen LogP) is 1.15. The lowest BCUT2D eigenvalue weighted by atomic mass is 10.00. The molecule has 0 saturated carbocycles. The standard InChI is InChI=1S/C12H18N4O.ClH/c1-7-4-11(16-15-7)12(17)14-10-5-8-2-3-9(6-10)13-8;/h4,8-10,13H,2-3,5-6H2,1H3,(H,14,17)(H,15,16);1H. The summed E-state index contributed by atoms with van der Waals surface area (Å²) in [6.07, 6.45) is 4.59. The third-order valence-electron chi connectivity index (χ3n) is 3.75. The van der Waals surface area contributed by atoms with Crippen molar-refractivity contribution in [1.82, 2.24) is 20.8 Å². The molecule has 0 aromatic carbocycles. The van der Waals surface area contributed by atoms with Gasteiger partial charge in [-0.3, -0.25) is 9.89 Å². The number of halogens is 1. The number of hydrogen-bond acceptors (Lipinski definition) is 3. The number of carbonyl (C=O) groups is 1. The third kappa shape index (κ3) is 2.67. The van der Waals surface area contributed by atoms with Crippen LogP contribution in [0.5, 0.6) is 0 Å². The van der Waals surface area contributed by atoms with E-state index in [1.807, 2.05) is 6.92 Å². The van der Waals surface area contributed by atoms with Crippen LogP contribution in [0.3, 0.4) is 0 Å². The van der Waals surface area contributed by atoms with E-state index in [4.69, 9.17) is 0 Å². The molecule has 3 rings (SSSR count). The third-order valence-corrected chi connectivity index (χ3v) is 3.75. The van der Waals surface area contributed by atoms with E-state index in [1.165, 1.54) is 12.8 Å². The topological polar surface area (TPSA) is 69.8 Å². The molecule has 3 heterocycles. The number of piperidine rings is 1. The smallest absolute Gasteiger partial charge is 0.271 e. The predicted molar refractivity (Wildman–Crippen MR) is 71.0 cm³/mol. The highest BCUT2D eigenvalue weighted by molar-refractivity contribution is 5.92. The zero-order valence-electron chi connectivity index (χ0n) is 10.4. The van der Waals surface area contributed by atoms with Crippen LogP contribution in [-0.4, -0.2) is 34.2 Å². The summed E-state index contributed by atoms with van der Waals surface area (Å²) < 4.78 is 0. The molecule has 1 amide bonds. The Hall–Kier alpha value is -1.07. The van der Waals surface area contributed by atoms with E-state index in [2.05, 4.69) is 20.8 Å². The van der Waals surface area contributed by atoms with Crippen molar-refractivity contribution in [3.05, 3.63) is 17.5 Å². The molecule has 0 aliphatic carbocycles. The van der Waals surface area contributed by atoms with Gasteiger partial charge in [-0.2, -0.15) is 5.10 Å². The molecule has 2 aliphatic rings. The number of H-pyrrole nitrogens is 1. The van der Waals surface area contributed by atoms with Gasteiger partial charge in [-0.05, 0) is 38.7 Å². The Kier molecular flexibility index (Phi) is 3.92. The van der Waals surface area contributed by atoms with Gasteiger partial charge in [0, 0.05) is 23.8 Å². The van der Waals surface area contributed by atoms with Crippen molar-refractivity contribution < 1.29 is 4.79 Å². The van der Waals surface area contributed by atoms with Crippen LogP contribution in [0.15, 0.2) is 6.07 Å². The fourth-order valence-corrected chi connectivity index (χ4v) is 2.97. The molecule has 2 fully saturated rings. The number of fused-ring (bicyclic) bond motifs is 2. The highest BCUT2D eigenvalue weighted by Crippen LogP contribution is 2.26. The Morgan fingerprint density at radius 1 is 1.39 bits per heavy atom. The van der Waals surface area contributed by atoms with Gasteiger partial charge in [0.2, 0.25) is 0 Å². The molecule has 0 spiro atoms. The van der Waals surface area contributed by atoms with Gasteiger partial charge in [0.1, 0.15) is 5.69 Å². The average molecular weight is 271 g/mol. The number of aromatic nitrogens is 2. The van der Waals surface area contributed by atoms with Crippen LogP contribution < -0.4 is 10.6 Å². The zero-order valence-corrected chi connectivity index (χ0v) is 11.2. The van der Waals surface area contributed by atoms with E-state index in [9.17, 15) is 4.79 Å². The largest absolute Gasteiger partial charge is 0.348 e. The molecule has 2 aliphatic heterocycles. The van der Waals surface area contributed by atoms with Crippen LogP contribution in [0.2, 0.25) is 0 Å². The Balaban J connectivity index is 0.00000120. The first kappa shape index (κ1) is 13.4. The van der Waals surface area contributed by atoms with Crippen molar-refractivity contribution in [3.8, 4) is 0 Å². The minimum Gasteiger partial charge on any atom is -0.348 e. The lowest BCUT2D eigenvalue weighted by molar-refractivity contribution is 0.0919. The molecule has 18 heavy (non-hydrogen) atoms. The van der Waals surface area contributed by atoms with E-state index >= 15 is 0 Å². The number of hydrogen-bond donors (Lipinski definition) is 3. The van der Waals surface area contributed by atoms with Gasteiger partial charge in [0.05, 0.1) is 0 Å². The molecule has 5 nitrogen and oxygen atoms in total. The molecule has 3 N–H and O–H groups in total. The second kappa shape index (κ2) is 5.28. The SMILES string of the molecule is Cc1cc(C(=O)NC2CC3CCC(C2)N3)n[nH]1.Cl. The molecule has 2 bridgehead atoms. The quantitative estimate of drug-likeness (QED) is 0.755. The maximum Gasteiger partial charge on any atom is 0.271 e. The maximum atomic E-state index is 11.9. The first-order valence-corrected chi connectivity index (χ1v) is 6.29. The summed E-state index contributed by atoms with van der Waals surface area (Å²) in [5, 5.41) is 13.4. The number of rotatable bonds is 2. The van der Waals surface area contributed by atoms with Gasteiger partial charge < -0.3 is 10.6 Å². The Morgan fingerprint density at radius 3 is 2.61 bits per heavy atom. The summed E-state index contributed by atoms with van der Waals surface area (Å²) in [5.41, 5.74) is 1.41. The zero-order chi connectivity index (χ0) is 11.8. The van der Waals surface area contributed by atoms with Crippen LogP contribution in [0.25, 0.3) is 0 Å². The first-order valence-electron chi connectivity index (χ1n) is 6.29. The molecule has 0 radical (unpaired) electrons. The molecular formula is C12H19ClN4O. The highest BCUT2D eigenvalue weighted by atomic mass is 35.5. The number of carbonyl (C=O) groups excluding carboxylic acids is 1. The van der Waals surface area contributed by atoms with Crippen molar-refractivity contribution in [2.75, 3.05) is 0 Å². The van der Waals surface area contributed by atoms with Crippen LogP contribution >= 0.6 is 12.4 Å². The van der Waals surface area contributed by atoms with Crippen LogP contribution in [0.4, 0.5) is 0 Å². The maximum absolute atomic E-state index is 11.9. The number of nitrogens with zero attached hydrogens (tertiary/aromatic N) is 1. The van der Waals surface area contributed by atoms with E-state index in [0.29, 0.717) is 23.8 Å². The van der Waals surface area contributed by atoms with Gasteiger partial charge in [0.25, 0.3) is 5.91 Å². The fraction of sp³-hybridized carbons (Fsp3) is 0.667. The molecule has 6 heteroatoms. The second-order valence-electron chi connectivity index (χ2n) is 5.22. The molecule has 100 valence electrons. The fourth-order valence-electron chi connectivity index (χ4n) is 2.97. The van der Waals surface area contributed by atoms with Gasteiger partial charge >= 0.3 is 0 Å². The summed E-state index contributed by atoms with van der Waals surface area (Å²) in [6.45, 7) is 1.90. The summed E-state index contributed by atoms with van der Waals surface area (Å²) in [4.78, 5) is 11.9. The van der Waals surface area contributed by atoms with E-state index < -0.39 is 0 Å². The summed E-state index contributed by atoms with van der Waals surface area (Å²) >= 11 is 0. The van der Waals surface area contributed by atoms with Crippen LogP contribution in [0, 0.1) is 6.92 Å². The van der Waals surface area contributed by atoms with Crippen molar-refractivity contribution in [2.24, 2.45) is 0 Å². The Labute approximate surface area is 113 Å². The van der Waals surface area contributed by atoms with Gasteiger partial charge in [0.15, 0.2) is 0 Å². The average Bonchev–Trinajstić information content (AvgIpc) is 2.85. The molecule has 2 atom stereocenters. The molecule has 2 unspecified atom stereocenters. The molecule has 2 saturated heterocycles. The van der Waals surface area contributed by atoms with E-state index in [0.717, 1.165) is 18.5 Å². The number of amides is 1. The Bertz CT molecular complexity index is 421. The minimum absolute atomic E-state index is 0. The second-order valence-corrected chi connectivity index (χ2v) is 5.22. The van der Waals surface area contributed by atoms with Crippen LogP contribution in [0.1, 0.15) is 41.9 Å². The molecule has 1 aromatic heterocycles. The van der Waals surface area contributed by atoms with Gasteiger partial charge in [-0.1, -0.05) is 0 Å². The van der Waals surface area contributed by atoms with Gasteiger partial charge in [-0.15, -0.1) is 12.4 Å². The Morgan fingerprint density at radius 2 is 2.06 bits per heavy atom. The monoisotopic (exact) mass is 270 g/mol. The lowest BCUT2D eigenvalue weighted by Crippen LogP contribution is -2.48. The summed E-state index contributed by atoms with van der Waals surface area (Å²) in [7, 11) is 0. The first-order chi connectivity index (χ1) is 8.20. The highest BCUT2D eigenvalue weighted by Gasteiger charge is 2.34. The molecular weight excluding hydrogens is 252 g/mol. The normalized spacial score (nSPS) is 29.7. The number of aryl methyl sites for hydroxylation is 1. The van der Waals surface area contributed by atoms with E-state index in [-0.39, 0.29) is 18.3 Å². The molecule has 1 aromatic rings. The van der Waals surface area contributed by atoms with Crippen LogP contribution in [-0.2, 0) is 0 Å². The minimum atomic E-state index is -0.0550. The van der Waals surface area contributed by atoms with Crippen molar-refractivity contribution in [1.29, 1.82) is 0 Å². The summed E-state index contributed by atoms with van der Waals surface area (Å²) in [6, 6.07) is 3.28. The number of aromatic amines is 1. The van der Waals surface area contributed by atoms with Crippen molar-refractivity contribution in [3.63, 3.8) is 0 Å². The number of nitrogens with one attached hydrogen (secondary N) is 3. The van der Waals surface area contributed by atoms with E-state index in [1.54, 1.807) is 6.07 Å². The van der Waals surface area contributed by atoms with Gasteiger partial charge in [-0.25, -0.2) is 0 Å².